The third kappa shape index (κ3) is 4.87. The molecule has 0 aliphatic heterocycles. The second-order valence-corrected chi connectivity index (χ2v) is 4.04. The van der Waals surface area contributed by atoms with Crippen LogP contribution in [0.25, 0.3) is 0 Å². The number of primary amides is 1. The van der Waals surface area contributed by atoms with Gasteiger partial charge in [-0.3, -0.25) is 4.79 Å². The second-order valence-electron chi connectivity index (χ2n) is 4.04. The van der Waals surface area contributed by atoms with Gasteiger partial charge in [-0.2, -0.15) is 0 Å². The van der Waals surface area contributed by atoms with Gasteiger partial charge in [-0.15, -0.1) is 0 Å². The molecule has 0 radical (unpaired) electrons. The Balaban J connectivity index is 2.69. The third-order valence-corrected chi connectivity index (χ3v) is 2.33. The van der Waals surface area contributed by atoms with E-state index in [1.165, 1.54) is 5.56 Å². The molecule has 0 aromatic heterocycles. The number of amides is 1. The van der Waals surface area contributed by atoms with Gasteiger partial charge in [0.1, 0.15) is 5.75 Å². The fourth-order valence-electron chi connectivity index (χ4n) is 1.54. The lowest BCUT2D eigenvalue weighted by Gasteiger charge is -2.11. The summed E-state index contributed by atoms with van der Waals surface area (Å²) in [7, 11) is 0. The molecule has 0 unspecified atom stereocenters. The minimum atomic E-state index is -0.460. The maximum atomic E-state index is 10.7. The van der Waals surface area contributed by atoms with Crippen LogP contribution in [-0.2, 0) is 11.3 Å². The summed E-state index contributed by atoms with van der Waals surface area (Å²) in [6.45, 7) is 5.77. The van der Waals surface area contributed by atoms with Crippen molar-refractivity contribution in [2.45, 2.75) is 26.8 Å². The van der Waals surface area contributed by atoms with E-state index in [9.17, 15) is 4.79 Å². The number of benzene rings is 1. The van der Waals surface area contributed by atoms with Gasteiger partial charge in [-0.05, 0) is 26.0 Å². The summed E-state index contributed by atoms with van der Waals surface area (Å²) in [5, 5.41) is 3.31. The zero-order chi connectivity index (χ0) is 12.7. The van der Waals surface area contributed by atoms with Crippen LogP contribution < -0.4 is 15.8 Å². The molecule has 4 heteroatoms. The Labute approximate surface area is 102 Å². The molecule has 0 bridgehead atoms. The van der Waals surface area contributed by atoms with Gasteiger partial charge >= 0.3 is 0 Å². The van der Waals surface area contributed by atoms with Crippen molar-refractivity contribution in [2.24, 2.45) is 5.73 Å². The Hall–Kier alpha value is -1.55. The first kappa shape index (κ1) is 13.5. The van der Waals surface area contributed by atoms with Gasteiger partial charge in [-0.25, -0.2) is 0 Å². The van der Waals surface area contributed by atoms with Crippen LogP contribution in [0.15, 0.2) is 18.2 Å². The number of carbonyl (C=O) groups is 1. The largest absolute Gasteiger partial charge is 0.483 e. The van der Waals surface area contributed by atoms with Gasteiger partial charge in [0, 0.05) is 12.1 Å². The number of aryl methyl sites for hydroxylation is 1. The summed E-state index contributed by atoms with van der Waals surface area (Å²) in [6, 6.07) is 5.89. The van der Waals surface area contributed by atoms with E-state index in [1.54, 1.807) is 0 Å². The summed E-state index contributed by atoms with van der Waals surface area (Å²) in [5.74, 6) is 0.260. The first-order valence-electron chi connectivity index (χ1n) is 5.84. The number of nitrogens with one attached hydrogen (secondary N) is 1. The average Bonchev–Trinajstić information content (AvgIpc) is 2.28. The second kappa shape index (κ2) is 6.91. The molecule has 0 aliphatic carbocycles. The molecule has 4 nitrogen and oxygen atoms in total. The van der Waals surface area contributed by atoms with Gasteiger partial charge in [0.05, 0.1) is 0 Å². The lowest BCUT2D eigenvalue weighted by Crippen LogP contribution is -2.21. The van der Waals surface area contributed by atoms with Crippen LogP contribution in [0.2, 0.25) is 0 Å². The smallest absolute Gasteiger partial charge is 0.255 e. The maximum absolute atomic E-state index is 10.7. The molecule has 1 aromatic rings. The molecule has 0 spiro atoms. The first-order valence-corrected chi connectivity index (χ1v) is 5.84. The van der Waals surface area contributed by atoms with Crippen LogP contribution in [0.3, 0.4) is 0 Å². The highest BCUT2D eigenvalue weighted by Crippen LogP contribution is 2.19. The van der Waals surface area contributed by atoms with Gasteiger partial charge in [0.2, 0.25) is 0 Å². The van der Waals surface area contributed by atoms with E-state index >= 15 is 0 Å². The molecule has 94 valence electrons. The number of rotatable bonds is 7. The van der Waals surface area contributed by atoms with Crippen molar-refractivity contribution >= 4 is 5.91 Å². The van der Waals surface area contributed by atoms with E-state index in [1.807, 2.05) is 19.1 Å². The van der Waals surface area contributed by atoms with Crippen molar-refractivity contribution in [3.63, 3.8) is 0 Å². The van der Waals surface area contributed by atoms with E-state index in [4.69, 9.17) is 10.5 Å². The molecule has 0 atom stereocenters. The van der Waals surface area contributed by atoms with Crippen molar-refractivity contribution < 1.29 is 9.53 Å². The van der Waals surface area contributed by atoms with Crippen LogP contribution in [0, 0.1) is 6.92 Å². The molecule has 0 saturated heterocycles. The van der Waals surface area contributed by atoms with Crippen molar-refractivity contribution in [3.8, 4) is 5.75 Å². The zero-order valence-electron chi connectivity index (χ0n) is 10.5. The Morgan fingerprint density at radius 3 is 2.88 bits per heavy atom. The van der Waals surface area contributed by atoms with E-state index in [2.05, 4.69) is 18.3 Å². The van der Waals surface area contributed by atoms with Gasteiger partial charge < -0.3 is 15.8 Å². The van der Waals surface area contributed by atoms with E-state index in [-0.39, 0.29) is 6.61 Å². The van der Waals surface area contributed by atoms with Crippen molar-refractivity contribution in [1.29, 1.82) is 0 Å². The summed E-state index contributed by atoms with van der Waals surface area (Å²) >= 11 is 0. The molecule has 17 heavy (non-hydrogen) atoms. The maximum Gasteiger partial charge on any atom is 0.255 e. The standard InChI is InChI=1S/C13H20N2O2/c1-3-6-15-8-11-7-10(2)4-5-12(11)17-9-13(14)16/h4-5,7,15H,3,6,8-9H2,1-2H3,(H2,14,16). The molecule has 0 heterocycles. The quantitative estimate of drug-likeness (QED) is 0.703. The van der Waals surface area contributed by atoms with Crippen molar-refractivity contribution in [1.82, 2.24) is 5.32 Å². The molecule has 0 saturated carbocycles. The van der Waals surface area contributed by atoms with Gasteiger partial charge in [0.15, 0.2) is 6.61 Å². The summed E-state index contributed by atoms with van der Waals surface area (Å²) in [6.07, 6.45) is 1.09. The minimum absolute atomic E-state index is 0.0795. The zero-order valence-corrected chi connectivity index (χ0v) is 10.5. The molecule has 0 aliphatic rings. The third-order valence-electron chi connectivity index (χ3n) is 2.33. The molecule has 1 amide bonds. The van der Waals surface area contributed by atoms with Crippen LogP contribution in [-0.4, -0.2) is 19.1 Å². The predicted octanol–water partition coefficient (Wildman–Crippen LogP) is 1.36. The first-order chi connectivity index (χ1) is 8.13. The van der Waals surface area contributed by atoms with E-state index in [0.717, 1.165) is 30.8 Å². The van der Waals surface area contributed by atoms with Crippen LogP contribution in [0.1, 0.15) is 24.5 Å². The van der Waals surface area contributed by atoms with Crippen LogP contribution >= 0.6 is 0 Å². The number of hydrogen-bond donors (Lipinski definition) is 2. The number of carbonyl (C=O) groups excluding carboxylic acids is 1. The molecule has 0 fully saturated rings. The number of nitrogens with two attached hydrogens (primary N) is 1. The fourth-order valence-corrected chi connectivity index (χ4v) is 1.54. The molecule has 1 aromatic carbocycles. The number of ether oxygens (including phenoxy) is 1. The van der Waals surface area contributed by atoms with E-state index < -0.39 is 5.91 Å². The van der Waals surface area contributed by atoms with Crippen molar-refractivity contribution in [3.05, 3.63) is 29.3 Å². The topological polar surface area (TPSA) is 64.3 Å². The van der Waals surface area contributed by atoms with Crippen LogP contribution in [0.5, 0.6) is 5.75 Å². The normalized spacial score (nSPS) is 10.2. The molecular formula is C13H20N2O2. The lowest BCUT2D eigenvalue weighted by molar-refractivity contribution is -0.119. The SMILES string of the molecule is CCCNCc1cc(C)ccc1OCC(N)=O. The van der Waals surface area contributed by atoms with Gasteiger partial charge in [-0.1, -0.05) is 24.6 Å². The fraction of sp³-hybridized carbons (Fsp3) is 0.462. The van der Waals surface area contributed by atoms with Crippen molar-refractivity contribution in [2.75, 3.05) is 13.2 Å². The molecule has 3 N–H and O–H groups in total. The monoisotopic (exact) mass is 236 g/mol. The predicted molar refractivity (Wildman–Crippen MR) is 67.9 cm³/mol. The Bertz CT molecular complexity index is 378. The lowest BCUT2D eigenvalue weighted by atomic mass is 10.1. The summed E-state index contributed by atoms with van der Waals surface area (Å²) in [4.78, 5) is 10.7. The Kier molecular flexibility index (Phi) is 5.49. The van der Waals surface area contributed by atoms with Gasteiger partial charge in [0.25, 0.3) is 5.91 Å². The highest BCUT2D eigenvalue weighted by Gasteiger charge is 2.05. The highest BCUT2D eigenvalue weighted by atomic mass is 16.5. The molecule has 1 rings (SSSR count). The van der Waals surface area contributed by atoms with Crippen LogP contribution in [0.4, 0.5) is 0 Å². The summed E-state index contributed by atoms with van der Waals surface area (Å²) < 4.78 is 5.37. The molecular weight excluding hydrogens is 216 g/mol. The number of hydrogen-bond acceptors (Lipinski definition) is 3. The Morgan fingerprint density at radius 1 is 1.47 bits per heavy atom. The summed E-state index contributed by atoms with van der Waals surface area (Å²) in [5.41, 5.74) is 7.29. The average molecular weight is 236 g/mol. The Morgan fingerprint density at radius 2 is 2.24 bits per heavy atom. The minimum Gasteiger partial charge on any atom is -0.483 e. The van der Waals surface area contributed by atoms with E-state index in [0.29, 0.717) is 0 Å². The highest BCUT2D eigenvalue weighted by molar-refractivity contribution is 5.75.